The predicted octanol–water partition coefficient (Wildman–Crippen LogP) is 1.42. The van der Waals surface area contributed by atoms with Crippen molar-refractivity contribution in [3.05, 3.63) is 23.2 Å². The Bertz CT molecular complexity index is 657. The van der Waals surface area contributed by atoms with Gasteiger partial charge in [0.2, 0.25) is 0 Å². The Morgan fingerprint density at radius 3 is 2.96 bits per heavy atom. The van der Waals surface area contributed by atoms with Gasteiger partial charge in [-0.05, 0) is 31.7 Å². The number of guanidine groups is 1. The van der Waals surface area contributed by atoms with Gasteiger partial charge in [-0.2, -0.15) is 0 Å². The zero-order chi connectivity index (χ0) is 19.2. The van der Waals surface area contributed by atoms with Crippen LogP contribution in [0.5, 0.6) is 5.75 Å². The molecule has 0 radical (unpaired) electrons. The van der Waals surface area contributed by atoms with Crippen LogP contribution in [0.4, 0.5) is 5.69 Å². The first-order valence-electron chi connectivity index (χ1n) is 9.45. The fourth-order valence-corrected chi connectivity index (χ4v) is 3.76. The zero-order valence-electron chi connectivity index (χ0n) is 16.4. The van der Waals surface area contributed by atoms with Gasteiger partial charge in [0.05, 0.1) is 25.5 Å². The Morgan fingerprint density at radius 2 is 2.22 bits per heavy atom. The SMILES string of the molecule is CN=C(NCC1CN(C)CCO1)NC1CCN(c2cc(Cl)ccc2OC)C1. The van der Waals surface area contributed by atoms with Gasteiger partial charge < -0.3 is 29.9 Å². The second-order valence-electron chi connectivity index (χ2n) is 7.10. The van der Waals surface area contributed by atoms with Crippen LogP contribution in [0, 0.1) is 0 Å². The van der Waals surface area contributed by atoms with E-state index in [0.717, 1.165) is 68.2 Å². The van der Waals surface area contributed by atoms with Gasteiger partial charge in [0.1, 0.15) is 5.75 Å². The number of anilines is 1. The molecule has 2 N–H and O–H groups in total. The topological polar surface area (TPSA) is 61.4 Å². The van der Waals surface area contributed by atoms with Crippen molar-refractivity contribution >= 4 is 23.2 Å². The van der Waals surface area contributed by atoms with E-state index >= 15 is 0 Å². The highest BCUT2D eigenvalue weighted by Crippen LogP contribution is 2.33. The lowest BCUT2D eigenvalue weighted by molar-refractivity contribution is -0.0161. The molecule has 3 rings (SSSR count). The molecule has 0 bridgehead atoms. The number of hydrogen-bond donors (Lipinski definition) is 2. The molecule has 1 aromatic rings. The first-order chi connectivity index (χ1) is 13.1. The maximum Gasteiger partial charge on any atom is 0.191 e. The van der Waals surface area contributed by atoms with E-state index in [9.17, 15) is 0 Å². The van der Waals surface area contributed by atoms with Gasteiger partial charge in [-0.15, -0.1) is 0 Å². The first kappa shape index (κ1) is 20.0. The normalized spacial score (nSPS) is 24.1. The highest BCUT2D eigenvalue weighted by molar-refractivity contribution is 6.30. The molecule has 7 nitrogen and oxygen atoms in total. The molecular weight excluding hydrogens is 366 g/mol. The van der Waals surface area contributed by atoms with E-state index in [4.69, 9.17) is 21.1 Å². The average molecular weight is 396 g/mol. The van der Waals surface area contributed by atoms with Crippen LogP contribution in [0.25, 0.3) is 0 Å². The van der Waals surface area contributed by atoms with E-state index in [2.05, 4.69) is 32.5 Å². The highest BCUT2D eigenvalue weighted by atomic mass is 35.5. The molecule has 0 aromatic heterocycles. The second-order valence-corrected chi connectivity index (χ2v) is 7.54. The number of likely N-dealkylation sites (N-methyl/N-ethyl adjacent to an activating group) is 1. The second kappa shape index (κ2) is 9.48. The molecule has 8 heteroatoms. The van der Waals surface area contributed by atoms with Gasteiger partial charge in [-0.1, -0.05) is 11.6 Å². The molecule has 2 aliphatic rings. The third-order valence-electron chi connectivity index (χ3n) is 5.07. The molecular formula is C19H30ClN5O2. The summed E-state index contributed by atoms with van der Waals surface area (Å²) in [6, 6.07) is 6.05. The van der Waals surface area contributed by atoms with Crippen LogP contribution in [-0.4, -0.2) is 83.5 Å². The van der Waals surface area contributed by atoms with Crippen LogP contribution < -0.4 is 20.3 Å². The number of nitrogens with one attached hydrogen (secondary N) is 2. The summed E-state index contributed by atoms with van der Waals surface area (Å²) < 4.78 is 11.3. The minimum Gasteiger partial charge on any atom is -0.495 e. The van der Waals surface area contributed by atoms with Crippen LogP contribution in [0.1, 0.15) is 6.42 Å². The van der Waals surface area contributed by atoms with Crippen molar-refractivity contribution in [3.8, 4) is 5.75 Å². The summed E-state index contributed by atoms with van der Waals surface area (Å²) in [6.07, 6.45) is 1.22. The van der Waals surface area contributed by atoms with E-state index < -0.39 is 0 Å². The van der Waals surface area contributed by atoms with E-state index in [0.29, 0.717) is 6.04 Å². The smallest absolute Gasteiger partial charge is 0.191 e. The fourth-order valence-electron chi connectivity index (χ4n) is 3.60. The molecule has 0 amide bonds. The molecule has 2 fully saturated rings. The third kappa shape index (κ3) is 5.40. The van der Waals surface area contributed by atoms with Crippen molar-refractivity contribution < 1.29 is 9.47 Å². The number of halogens is 1. The predicted molar refractivity (Wildman–Crippen MR) is 110 cm³/mol. The molecule has 27 heavy (non-hydrogen) atoms. The number of hydrogen-bond acceptors (Lipinski definition) is 5. The van der Waals surface area contributed by atoms with E-state index in [1.165, 1.54) is 0 Å². The van der Waals surface area contributed by atoms with Crippen LogP contribution in [0.3, 0.4) is 0 Å². The summed E-state index contributed by atoms with van der Waals surface area (Å²) >= 11 is 6.18. The Kier molecular flexibility index (Phi) is 7.04. The number of rotatable bonds is 5. The lowest BCUT2D eigenvalue weighted by Gasteiger charge is -2.30. The number of aliphatic imine (C=N–C) groups is 1. The van der Waals surface area contributed by atoms with Crippen molar-refractivity contribution in [3.63, 3.8) is 0 Å². The molecule has 0 aliphatic carbocycles. The van der Waals surface area contributed by atoms with Gasteiger partial charge in [0.15, 0.2) is 5.96 Å². The molecule has 2 heterocycles. The maximum absolute atomic E-state index is 6.18. The van der Waals surface area contributed by atoms with Crippen LogP contribution in [-0.2, 0) is 4.74 Å². The minimum absolute atomic E-state index is 0.193. The molecule has 0 spiro atoms. The molecule has 0 saturated carbocycles. The van der Waals surface area contributed by atoms with Gasteiger partial charge in [0.25, 0.3) is 0 Å². The Morgan fingerprint density at radius 1 is 1.37 bits per heavy atom. The summed E-state index contributed by atoms with van der Waals surface area (Å²) in [4.78, 5) is 8.95. The largest absolute Gasteiger partial charge is 0.495 e. The van der Waals surface area contributed by atoms with E-state index in [-0.39, 0.29) is 6.10 Å². The van der Waals surface area contributed by atoms with Crippen molar-refractivity contribution in [1.29, 1.82) is 0 Å². The van der Waals surface area contributed by atoms with Gasteiger partial charge in [-0.25, -0.2) is 0 Å². The summed E-state index contributed by atoms with van der Waals surface area (Å²) in [5.41, 5.74) is 1.04. The van der Waals surface area contributed by atoms with Gasteiger partial charge in [0, 0.05) is 50.8 Å². The molecule has 2 saturated heterocycles. The van der Waals surface area contributed by atoms with Crippen LogP contribution in [0.15, 0.2) is 23.2 Å². The number of benzene rings is 1. The molecule has 150 valence electrons. The van der Waals surface area contributed by atoms with Crippen LogP contribution >= 0.6 is 11.6 Å². The number of nitrogens with zero attached hydrogens (tertiary/aromatic N) is 3. The van der Waals surface area contributed by atoms with Crippen LogP contribution in [0.2, 0.25) is 5.02 Å². The van der Waals surface area contributed by atoms with Gasteiger partial charge in [-0.3, -0.25) is 4.99 Å². The summed E-state index contributed by atoms with van der Waals surface area (Å²) in [6.45, 7) is 5.29. The maximum atomic E-state index is 6.18. The van der Waals surface area contributed by atoms with Crippen molar-refractivity contribution in [2.75, 3.05) is 65.4 Å². The monoisotopic (exact) mass is 395 g/mol. The quantitative estimate of drug-likeness (QED) is 0.581. The van der Waals surface area contributed by atoms with E-state index in [1.54, 1.807) is 14.2 Å². The standard InChI is InChI=1S/C19H30ClN5O2/c1-21-19(22-11-16-13-24(2)8-9-27-16)23-15-6-7-25(12-15)17-10-14(20)4-5-18(17)26-3/h4-5,10,15-16H,6-9,11-13H2,1-3H3,(H2,21,22,23). The minimum atomic E-state index is 0.193. The Hall–Kier alpha value is -1.70. The number of morpholine rings is 1. The highest BCUT2D eigenvalue weighted by Gasteiger charge is 2.26. The average Bonchev–Trinajstić information content (AvgIpc) is 3.13. The lowest BCUT2D eigenvalue weighted by Crippen LogP contribution is -2.50. The molecule has 2 unspecified atom stereocenters. The number of ether oxygens (including phenoxy) is 2. The third-order valence-corrected chi connectivity index (χ3v) is 5.31. The summed E-state index contributed by atoms with van der Waals surface area (Å²) in [5.74, 6) is 1.66. The zero-order valence-corrected chi connectivity index (χ0v) is 17.1. The van der Waals surface area contributed by atoms with Crippen molar-refractivity contribution in [2.24, 2.45) is 4.99 Å². The van der Waals surface area contributed by atoms with Crippen molar-refractivity contribution in [1.82, 2.24) is 15.5 Å². The lowest BCUT2D eigenvalue weighted by atomic mass is 10.2. The Labute approximate surface area is 166 Å². The molecule has 1 aromatic carbocycles. The van der Waals surface area contributed by atoms with Crippen molar-refractivity contribution in [2.45, 2.75) is 18.6 Å². The van der Waals surface area contributed by atoms with Gasteiger partial charge >= 0.3 is 0 Å². The van der Waals surface area contributed by atoms with E-state index in [1.807, 2.05) is 18.2 Å². The summed E-state index contributed by atoms with van der Waals surface area (Å²) in [5, 5.41) is 7.64. The molecule has 2 atom stereocenters. The summed E-state index contributed by atoms with van der Waals surface area (Å²) in [7, 11) is 5.62. The Balaban J connectivity index is 1.51. The number of methoxy groups -OCH3 is 1. The molecule has 2 aliphatic heterocycles. The fraction of sp³-hybridized carbons (Fsp3) is 0.632. The first-order valence-corrected chi connectivity index (χ1v) is 9.82.